The van der Waals surface area contributed by atoms with Gasteiger partial charge in [0.1, 0.15) is 0 Å². The van der Waals surface area contributed by atoms with Gasteiger partial charge in [-0.3, -0.25) is 15.0 Å². The number of rotatable bonds is 5. The van der Waals surface area contributed by atoms with Crippen molar-refractivity contribution in [1.82, 2.24) is 15.8 Å². The first-order chi connectivity index (χ1) is 10.3. The van der Waals surface area contributed by atoms with E-state index in [4.69, 9.17) is 0 Å². The summed E-state index contributed by atoms with van der Waals surface area (Å²) in [6.45, 7) is 1.33. The molecule has 0 aromatic heterocycles. The van der Waals surface area contributed by atoms with Crippen LogP contribution in [0.3, 0.4) is 0 Å². The van der Waals surface area contributed by atoms with Crippen molar-refractivity contribution in [3.05, 3.63) is 33.4 Å². The predicted octanol–water partition coefficient (Wildman–Crippen LogP) is 0.546. The Bertz CT molecular complexity index is 576. The number of halogens is 1. The Morgan fingerprint density at radius 2 is 1.77 bits per heavy atom. The van der Waals surface area contributed by atoms with Crippen molar-refractivity contribution >= 4 is 40.4 Å². The van der Waals surface area contributed by atoms with Gasteiger partial charge in [-0.15, -0.1) is 0 Å². The summed E-state index contributed by atoms with van der Waals surface area (Å²) >= 11 is 2.12. The number of methoxy groups -OCH3 is 1. The number of hydrazine groups is 1. The van der Waals surface area contributed by atoms with Gasteiger partial charge in [-0.25, -0.2) is 10.2 Å². The third-order valence-electron chi connectivity index (χ3n) is 3.33. The fraction of sp³-hybridized carbons (Fsp3) is 0.357. The second kappa shape index (κ2) is 7.54. The van der Waals surface area contributed by atoms with E-state index in [9.17, 15) is 14.4 Å². The molecule has 0 radical (unpaired) electrons. The molecule has 0 aliphatic heterocycles. The molecule has 22 heavy (non-hydrogen) atoms. The van der Waals surface area contributed by atoms with E-state index in [-0.39, 0.29) is 0 Å². The van der Waals surface area contributed by atoms with Gasteiger partial charge in [0.15, 0.2) is 0 Å². The number of nitrogens with one attached hydrogen (secondary N) is 2. The number of nitrogens with zero attached hydrogens (tertiary/aromatic N) is 1. The van der Waals surface area contributed by atoms with Crippen LogP contribution in [0, 0.1) is 3.57 Å². The van der Waals surface area contributed by atoms with Crippen LogP contribution in [0.2, 0.25) is 0 Å². The highest BCUT2D eigenvalue weighted by molar-refractivity contribution is 14.1. The van der Waals surface area contributed by atoms with E-state index in [1.165, 1.54) is 21.0 Å². The minimum absolute atomic E-state index is 0.371. The van der Waals surface area contributed by atoms with Crippen molar-refractivity contribution in [2.24, 2.45) is 0 Å². The molecule has 0 saturated carbocycles. The fourth-order valence-corrected chi connectivity index (χ4v) is 2.16. The van der Waals surface area contributed by atoms with Crippen LogP contribution in [0.25, 0.3) is 0 Å². The SMILES string of the molecule is CNNC(=O)C(C)(C(=O)OC)N(C)C(=O)c1ccc(I)cc1. The van der Waals surface area contributed by atoms with Crippen molar-refractivity contribution in [2.45, 2.75) is 12.5 Å². The highest BCUT2D eigenvalue weighted by Gasteiger charge is 2.48. The fourth-order valence-electron chi connectivity index (χ4n) is 1.81. The zero-order chi connectivity index (χ0) is 16.9. The van der Waals surface area contributed by atoms with Crippen LogP contribution < -0.4 is 10.9 Å². The van der Waals surface area contributed by atoms with E-state index in [0.717, 1.165) is 15.6 Å². The Balaban J connectivity index is 3.18. The second-order valence-corrected chi connectivity index (χ2v) is 5.88. The standard InChI is InChI=1S/C14H18IN3O4/c1-14(13(21)22-4,12(20)17-16-2)18(3)11(19)9-5-7-10(15)8-6-9/h5-8,16H,1-4H3,(H,17,20). The van der Waals surface area contributed by atoms with Crippen molar-refractivity contribution in [1.29, 1.82) is 0 Å². The first kappa shape index (κ1) is 18.4. The summed E-state index contributed by atoms with van der Waals surface area (Å²) in [4.78, 5) is 37.9. The molecule has 1 atom stereocenters. The number of hydrogen-bond acceptors (Lipinski definition) is 5. The number of benzene rings is 1. The lowest BCUT2D eigenvalue weighted by atomic mass is 9.98. The van der Waals surface area contributed by atoms with E-state index in [0.29, 0.717) is 5.56 Å². The van der Waals surface area contributed by atoms with Crippen LogP contribution in [0.15, 0.2) is 24.3 Å². The number of carbonyl (C=O) groups is 3. The van der Waals surface area contributed by atoms with Crippen LogP contribution in [0.4, 0.5) is 0 Å². The largest absolute Gasteiger partial charge is 0.467 e. The number of hydrogen-bond donors (Lipinski definition) is 2. The van der Waals surface area contributed by atoms with Crippen molar-refractivity contribution < 1.29 is 19.1 Å². The molecular weight excluding hydrogens is 401 g/mol. The van der Waals surface area contributed by atoms with Crippen LogP contribution in [0.5, 0.6) is 0 Å². The Labute approximate surface area is 142 Å². The van der Waals surface area contributed by atoms with E-state index in [2.05, 4.69) is 38.2 Å². The summed E-state index contributed by atoms with van der Waals surface area (Å²) in [6, 6.07) is 6.80. The van der Waals surface area contributed by atoms with Gasteiger partial charge >= 0.3 is 5.97 Å². The van der Waals surface area contributed by atoms with Gasteiger partial charge in [0.25, 0.3) is 11.8 Å². The Morgan fingerprint density at radius 3 is 2.23 bits per heavy atom. The normalized spacial score (nSPS) is 13.0. The third-order valence-corrected chi connectivity index (χ3v) is 4.05. The Kier molecular flexibility index (Phi) is 6.30. The summed E-state index contributed by atoms with van der Waals surface area (Å²) in [6.07, 6.45) is 0. The smallest absolute Gasteiger partial charge is 0.341 e. The summed E-state index contributed by atoms with van der Waals surface area (Å²) in [5, 5.41) is 0. The molecule has 0 saturated heterocycles. The van der Waals surface area contributed by atoms with Crippen LogP contribution in [-0.4, -0.2) is 49.4 Å². The number of ether oxygens (including phenoxy) is 1. The summed E-state index contributed by atoms with van der Waals surface area (Å²) in [7, 11) is 4.03. The number of esters is 1. The van der Waals surface area contributed by atoms with E-state index < -0.39 is 23.3 Å². The molecule has 120 valence electrons. The lowest BCUT2D eigenvalue weighted by molar-refractivity contribution is -0.158. The molecule has 0 heterocycles. The molecule has 7 nitrogen and oxygen atoms in total. The molecule has 8 heteroatoms. The highest BCUT2D eigenvalue weighted by Crippen LogP contribution is 2.19. The second-order valence-electron chi connectivity index (χ2n) is 4.64. The van der Waals surface area contributed by atoms with Crippen LogP contribution >= 0.6 is 22.6 Å². The molecule has 0 spiro atoms. The molecule has 1 aromatic carbocycles. The van der Waals surface area contributed by atoms with E-state index >= 15 is 0 Å². The summed E-state index contributed by atoms with van der Waals surface area (Å²) in [5.41, 5.74) is 3.34. The molecule has 1 unspecified atom stereocenters. The zero-order valence-corrected chi connectivity index (χ0v) is 14.9. The van der Waals surface area contributed by atoms with Crippen molar-refractivity contribution in [3.63, 3.8) is 0 Å². The average molecular weight is 419 g/mol. The van der Waals surface area contributed by atoms with Gasteiger partial charge in [-0.2, -0.15) is 0 Å². The van der Waals surface area contributed by atoms with Gasteiger partial charge < -0.3 is 9.64 Å². The minimum atomic E-state index is -1.79. The molecule has 0 bridgehead atoms. The summed E-state index contributed by atoms with van der Waals surface area (Å²) in [5.74, 6) is -1.99. The van der Waals surface area contributed by atoms with Gasteiger partial charge in [-0.05, 0) is 53.8 Å². The molecule has 0 aliphatic carbocycles. The molecule has 1 rings (SSSR count). The summed E-state index contributed by atoms with van der Waals surface area (Å²) < 4.78 is 5.66. The average Bonchev–Trinajstić information content (AvgIpc) is 2.52. The van der Waals surface area contributed by atoms with Gasteiger partial charge in [0.2, 0.25) is 5.54 Å². The maximum Gasteiger partial charge on any atom is 0.341 e. The van der Waals surface area contributed by atoms with E-state index in [1.807, 2.05) is 0 Å². The number of amides is 2. The van der Waals surface area contributed by atoms with Crippen molar-refractivity contribution in [3.8, 4) is 0 Å². The molecular formula is C14H18IN3O4. The van der Waals surface area contributed by atoms with Crippen molar-refractivity contribution in [2.75, 3.05) is 21.2 Å². The quantitative estimate of drug-likeness (QED) is 0.315. The molecule has 0 aliphatic rings. The zero-order valence-electron chi connectivity index (χ0n) is 12.8. The maximum absolute atomic E-state index is 12.5. The topological polar surface area (TPSA) is 87.7 Å². The monoisotopic (exact) mass is 419 g/mol. The Morgan fingerprint density at radius 1 is 1.23 bits per heavy atom. The van der Waals surface area contributed by atoms with Gasteiger partial charge in [0.05, 0.1) is 7.11 Å². The Hall–Kier alpha value is -1.68. The first-order valence-electron chi connectivity index (χ1n) is 6.38. The molecule has 1 aromatic rings. The van der Waals surface area contributed by atoms with Crippen LogP contribution in [0.1, 0.15) is 17.3 Å². The maximum atomic E-state index is 12.5. The minimum Gasteiger partial charge on any atom is -0.467 e. The highest BCUT2D eigenvalue weighted by atomic mass is 127. The van der Waals surface area contributed by atoms with Crippen LogP contribution in [-0.2, 0) is 14.3 Å². The van der Waals surface area contributed by atoms with Gasteiger partial charge in [-0.1, -0.05) is 0 Å². The molecule has 2 N–H and O–H groups in total. The molecule has 0 fully saturated rings. The lowest BCUT2D eigenvalue weighted by Gasteiger charge is -2.34. The molecule has 2 amide bonds. The predicted molar refractivity (Wildman–Crippen MR) is 88.9 cm³/mol. The number of carbonyl (C=O) groups excluding carboxylic acids is 3. The first-order valence-corrected chi connectivity index (χ1v) is 7.46. The lowest BCUT2D eigenvalue weighted by Crippen LogP contribution is -2.64. The van der Waals surface area contributed by atoms with E-state index in [1.54, 1.807) is 24.3 Å². The number of likely N-dealkylation sites (N-methyl/N-ethyl adjacent to an activating group) is 1. The van der Waals surface area contributed by atoms with Gasteiger partial charge in [0, 0.05) is 23.2 Å². The third kappa shape index (κ3) is 3.55.